The van der Waals surface area contributed by atoms with Crippen molar-refractivity contribution in [2.75, 3.05) is 19.0 Å². The predicted molar refractivity (Wildman–Crippen MR) is 136 cm³/mol. The quantitative estimate of drug-likeness (QED) is 0.267. The van der Waals surface area contributed by atoms with Gasteiger partial charge in [0.05, 0.1) is 36.5 Å². The van der Waals surface area contributed by atoms with Gasteiger partial charge in [0.2, 0.25) is 0 Å². The molecule has 3 aromatic rings. The number of methoxy groups -OCH3 is 1. The number of nitrogens with zero attached hydrogens (tertiary/aromatic N) is 4. The van der Waals surface area contributed by atoms with Crippen LogP contribution in [0.4, 0.5) is 18.3 Å². The largest absolute Gasteiger partial charge is 0.497 e. The van der Waals surface area contributed by atoms with Crippen molar-refractivity contribution >= 4 is 45.0 Å². The summed E-state index contributed by atoms with van der Waals surface area (Å²) in [6.07, 6.45) is 0.498. The van der Waals surface area contributed by atoms with Crippen LogP contribution in [0.5, 0.6) is 5.75 Å². The van der Waals surface area contributed by atoms with Gasteiger partial charge in [-0.1, -0.05) is 33.9 Å². The van der Waals surface area contributed by atoms with Gasteiger partial charge in [-0.25, -0.2) is 9.97 Å². The number of amides is 1. The molecule has 1 fully saturated rings. The number of nitrogens with one attached hydrogen (secondary N) is 1. The smallest absolute Gasteiger partial charge is 0.416 e. The molecule has 1 amide bonds. The summed E-state index contributed by atoms with van der Waals surface area (Å²) in [5.74, 6) is -0.403. The van der Waals surface area contributed by atoms with Crippen LogP contribution in [0.3, 0.4) is 0 Å². The minimum atomic E-state index is -4.54. The first-order valence-electron chi connectivity index (χ1n) is 10.9. The molecule has 0 unspecified atom stereocenters. The number of anilines is 1. The Morgan fingerprint density at radius 1 is 1.29 bits per heavy atom. The lowest BCUT2D eigenvalue weighted by atomic mass is 10.1. The zero-order chi connectivity index (χ0) is 25.2. The lowest BCUT2D eigenvalue weighted by Gasteiger charge is -2.20. The summed E-state index contributed by atoms with van der Waals surface area (Å²) >= 11 is 3.40. The first-order chi connectivity index (χ1) is 16.7. The third-order valence-electron chi connectivity index (χ3n) is 5.77. The van der Waals surface area contributed by atoms with Crippen LogP contribution in [0.25, 0.3) is 11.3 Å². The molecule has 0 aliphatic carbocycles. The Hall–Kier alpha value is -2.32. The average molecular weight is 617 g/mol. The van der Waals surface area contributed by atoms with E-state index >= 15 is 0 Å². The van der Waals surface area contributed by atoms with Crippen molar-refractivity contribution in [2.24, 2.45) is 0 Å². The predicted octanol–water partition coefficient (Wildman–Crippen LogP) is 5.80. The molecule has 35 heavy (non-hydrogen) atoms. The second-order valence-electron chi connectivity index (χ2n) is 8.18. The summed E-state index contributed by atoms with van der Waals surface area (Å²) in [7, 11) is 1.32. The van der Waals surface area contributed by atoms with Crippen LogP contribution in [-0.4, -0.2) is 45.5 Å². The number of halogens is 4. The summed E-state index contributed by atoms with van der Waals surface area (Å²) < 4.78 is 46.4. The minimum Gasteiger partial charge on any atom is -0.497 e. The molecule has 1 N–H and O–H groups in total. The number of thiazole rings is 1. The van der Waals surface area contributed by atoms with Crippen molar-refractivity contribution in [3.8, 4) is 17.0 Å². The van der Waals surface area contributed by atoms with E-state index in [4.69, 9.17) is 4.74 Å². The Balaban J connectivity index is 1.70. The highest BCUT2D eigenvalue weighted by atomic mass is 127. The maximum absolute atomic E-state index is 13.5. The van der Waals surface area contributed by atoms with Crippen LogP contribution in [0.1, 0.15) is 46.4 Å². The average Bonchev–Trinajstić information content (AvgIpc) is 3.43. The normalized spacial score (nSPS) is 16.5. The third kappa shape index (κ3) is 6.09. The molecular weight excluding hydrogens is 594 g/mol. The molecule has 2 aromatic heterocycles. The molecule has 0 bridgehead atoms. The second kappa shape index (κ2) is 10.7. The Morgan fingerprint density at radius 2 is 2.09 bits per heavy atom. The Labute approximate surface area is 218 Å². The minimum absolute atomic E-state index is 0.0829. The maximum atomic E-state index is 13.5. The zero-order valence-electron chi connectivity index (χ0n) is 19.0. The number of ether oxygens (including phenoxy) is 1. The summed E-state index contributed by atoms with van der Waals surface area (Å²) in [5.41, 5.74) is 0.725. The van der Waals surface area contributed by atoms with E-state index in [1.165, 1.54) is 36.9 Å². The zero-order valence-corrected chi connectivity index (χ0v) is 22.0. The van der Waals surface area contributed by atoms with E-state index in [1.54, 1.807) is 0 Å². The Kier molecular flexibility index (Phi) is 7.91. The highest BCUT2D eigenvalue weighted by molar-refractivity contribution is 14.1. The maximum Gasteiger partial charge on any atom is 0.416 e. The van der Waals surface area contributed by atoms with Crippen molar-refractivity contribution in [3.05, 3.63) is 52.4 Å². The molecule has 0 spiro atoms. The van der Waals surface area contributed by atoms with Crippen molar-refractivity contribution < 1.29 is 22.7 Å². The topological polar surface area (TPSA) is 80.2 Å². The van der Waals surface area contributed by atoms with Crippen LogP contribution < -0.4 is 10.1 Å². The van der Waals surface area contributed by atoms with Crippen LogP contribution in [0.15, 0.2) is 30.6 Å². The van der Waals surface area contributed by atoms with E-state index in [1.807, 2.05) is 0 Å². The van der Waals surface area contributed by atoms with Crippen LogP contribution in [0.2, 0.25) is 0 Å². The molecule has 7 nitrogen and oxygen atoms in total. The summed E-state index contributed by atoms with van der Waals surface area (Å²) in [6.45, 7) is 3.54. The van der Waals surface area contributed by atoms with Crippen LogP contribution in [0, 0.1) is 0 Å². The van der Waals surface area contributed by atoms with Gasteiger partial charge in [0.25, 0.3) is 5.91 Å². The summed E-state index contributed by atoms with van der Waals surface area (Å²) in [5, 5.41) is 3.01. The summed E-state index contributed by atoms with van der Waals surface area (Å²) in [6, 6.07) is 3.90. The van der Waals surface area contributed by atoms with E-state index in [2.05, 4.69) is 54.7 Å². The fraction of sp³-hybridized carbons (Fsp3) is 0.391. The fourth-order valence-corrected chi connectivity index (χ4v) is 5.27. The lowest BCUT2D eigenvalue weighted by molar-refractivity contribution is -0.137. The molecule has 1 aliphatic heterocycles. The third-order valence-corrected chi connectivity index (χ3v) is 7.51. The van der Waals surface area contributed by atoms with Crippen LogP contribution in [-0.2, 0) is 17.1 Å². The van der Waals surface area contributed by atoms with Gasteiger partial charge in [-0.2, -0.15) is 13.2 Å². The fourth-order valence-electron chi connectivity index (χ4n) is 3.87. The van der Waals surface area contributed by atoms with Gasteiger partial charge in [0, 0.05) is 27.5 Å². The molecule has 12 heteroatoms. The second-order valence-corrected chi connectivity index (χ2v) is 10.0. The molecule has 3 heterocycles. The number of hydrogen-bond donors (Lipinski definition) is 1. The molecule has 186 valence electrons. The standard InChI is InChI=1S/C23H23F3IN5O2S/c1-13-4-3-5-32(13)12-19-20(14-6-15(23(24,25)26)8-17(7-14)34-2)30-22(35-19)31-21(33)18-11-28-16(9-27)10-29-18/h6-8,10-11,13H,3-5,9,12H2,1-2H3,(H,30,31,33)/t13-/m1/s1. The van der Waals surface area contributed by atoms with E-state index in [-0.39, 0.29) is 22.1 Å². The summed E-state index contributed by atoms with van der Waals surface area (Å²) in [4.78, 5) is 28.6. The highest BCUT2D eigenvalue weighted by Crippen LogP contribution is 2.39. The number of aromatic nitrogens is 3. The number of rotatable bonds is 7. The molecular formula is C23H23F3IN5O2S. The number of benzene rings is 1. The van der Waals surface area contributed by atoms with Gasteiger partial charge >= 0.3 is 6.18 Å². The van der Waals surface area contributed by atoms with Crippen molar-refractivity contribution in [1.82, 2.24) is 19.9 Å². The molecule has 0 radical (unpaired) electrons. The molecule has 1 aliphatic rings. The Bertz CT molecular complexity index is 1200. The number of likely N-dealkylation sites (tertiary alicyclic amines) is 1. The monoisotopic (exact) mass is 617 g/mol. The van der Waals surface area contributed by atoms with Gasteiger partial charge in [-0.3, -0.25) is 20.0 Å². The molecule has 1 saturated heterocycles. The van der Waals surface area contributed by atoms with E-state index in [9.17, 15) is 18.0 Å². The lowest BCUT2D eigenvalue weighted by Crippen LogP contribution is -2.25. The first kappa shape index (κ1) is 25.8. The Morgan fingerprint density at radius 3 is 2.69 bits per heavy atom. The number of carbonyl (C=O) groups excluding carboxylic acids is 1. The highest BCUT2D eigenvalue weighted by Gasteiger charge is 2.32. The SMILES string of the molecule is COc1cc(-c2nc(NC(=O)c3cnc(CI)cn3)sc2CN2CCC[C@H]2C)cc(C(F)(F)F)c1. The van der Waals surface area contributed by atoms with E-state index in [0.717, 1.165) is 42.1 Å². The molecule has 1 atom stereocenters. The van der Waals surface area contributed by atoms with Crippen LogP contribution >= 0.6 is 33.9 Å². The number of alkyl halides is 4. The van der Waals surface area contributed by atoms with Gasteiger partial charge in [0.1, 0.15) is 11.4 Å². The molecule has 0 saturated carbocycles. The first-order valence-corrected chi connectivity index (χ1v) is 13.2. The van der Waals surface area contributed by atoms with Crippen molar-refractivity contribution in [2.45, 2.75) is 43.0 Å². The van der Waals surface area contributed by atoms with E-state index in [0.29, 0.717) is 22.7 Å². The van der Waals surface area contributed by atoms with Crippen molar-refractivity contribution in [3.63, 3.8) is 0 Å². The molecule has 1 aromatic carbocycles. The molecule has 4 rings (SSSR count). The van der Waals surface area contributed by atoms with Crippen molar-refractivity contribution in [1.29, 1.82) is 0 Å². The van der Waals surface area contributed by atoms with Gasteiger partial charge < -0.3 is 4.74 Å². The van der Waals surface area contributed by atoms with Gasteiger partial charge in [0.15, 0.2) is 5.13 Å². The van der Waals surface area contributed by atoms with Gasteiger partial charge in [-0.15, -0.1) is 0 Å². The van der Waals surface area contributed by atoms with E-state index < -0.39 is 17.6 Å². The number of hydrogen-bond acceptors (Lipinski definition) is 7. The number of carbonyl (C=O) groups is 1. The van der Waals surface area contributed by atoms with Gasteiger partial charge in [-0.05, 0) is 44.5 Å².